The van der Waals surface area contributed by atoms with Gasteiger partial charge in [0.1, 0.15) is 6.61 Å². The summed E-state index contributed by atoms with van der Waals surface area (Å²) in [7, 11) is 1.65. The van der Waals surface area contributed by atoms with Gasteiger partial charge in [0.2, 0.25) is 0 Å². The van der Waals surface area contributed by atoms with Crippen LogP contribution in [0, 0.1) is 0 Å². The van der Waals surface area contributed by atoms with E-state index in [1.54, 1.807) is 7.05 Å². The summed E-state index contributed by atoms with van der Waals surface area (Å²) in [6, 6.07) is 0. The van der Waals surface area contributed by atoms with Crippen LogP contribution in [0.5, 0.6) is 0 Å². The van der Waals surface area contributed by atoms with Crippen molar-refractivity contribution in [2.45, 2.75) is 0 Å². The van der Waals surface area contributed by atoms with E-state index in [-0.39, 0.29) is 19.8 Å². The number of hydroxylamine groups is 1. The van der Waals surface area contributed by atoms with Crippen molar-refractivity contribution >= 4 is 6.72 Å². The Labute approximate surface area is 71.7 Å². The summed E-state index contributed by atoms with van der Waals surface area (Å²) in [6.07, 6.45) is 0. The minimum atomic E-state index is -0.000972. The monoisotopic (exact) mass is 180 g/mol. The molecular formula is C6H16N2O4. The van der Waals surface area contributed by atoms with Crippen LogP contribution in [0.1, 0.15) is 0 Å². The second kappa shape index (κ2) is 16.7. The number of aliphatic hydroxyl groups excluding tert-OH is 2. The lowest BCUT2D eigenvalue weighted by molar-refractivity contribution is 0.0314. The zero-order valence-electron chi connectivity index (χ0n) is 7.19. The Balaban J connectivity index is 0. The van der Waals surface area contributed by atoms with Gasteiger partial charge < -0.3 is 15.1 Å². The molecule has 0 saturated carbocycles. The predicted molar refractivity (Wildman–Crippen MR) is 44.7 cm³/mol. The molecule has 0 aliphatic heterocycles. The van der Waals surface area contributed by atoms with Crippen LogP contribution in [-0.4, -0.2) is 50.4 Å². The molecule has 0 aliphatic rings. The van der Waals surface area contributed by atoms with Gasteiger partial charge in [0.15, 0.2) is 0 Å². The van der Waals surface area contributed by atoms with Crippen molar-refractivity contribution in [3.05, 3.63) is 0 Å². The van der Waals surface area contributed by atoms with E-state index < -0.39 is 0 Å². The fourth-order valence-corrected chi connectivity index (χ4v) is 0.253. The maximum Gasteiger partial charge on any atom is 0.140 e. The summed E-state index contributed by atoms with van der Waals surface area (Å²) in [5.74, 6) is 0. The fraction of sp³-hybridized carbons (Fsp3) is 0.833. The molecule has 0 fully saturated rings. The Morgan fingerprint density at radius 1 is 1.33 bits per heavy atom. The fourth-order valence-electron chi connectivity index (χ4n) is 0.253. The number of nitrogens with one attached hydrogen (secondary N) is 1. The van der Waals surface area contributed by atoms with E-state index in [2.05, 4.69) is 27.0 Å². The smallest absolute Gasteiger partial charge is 0.140 e. The highest BCUT2D eigenvalue weighted by molar-refractivity contribution is 5.21. The third kappa shape index (κ3) is 22.8. The van der Waals surface area contributed by atoms with Crippen molar-refractivity contribution in [3.63, 3.8) is 0 Å². The standard InChI is InChI=1S/C3H9NO2.C3H7NO2/c2*1-4-6-3-2-5/h4-5H,2-3H2,1H3;5H,1-3H2. The van der Waals surface area contributed by atoms with Gasteiger partial charge in [-0.3, -0.25) is 4.84 Å². The van der Waals surface area contributed by atoms with Gasteiger partial charge in [-0.1, -0.05) is 0 Å². The van der Waals surface area contributed by atoms with Crippen LogP contribution >= 0.6 is 0 Å². The lowest BCUT2D eigenvalue weighted by atomic mass is 10.8. The molecule has 6 nitrogen and oxygen atoms in total. The summed E-state index contributed by atoms with van der Waals surface area (Å²) in [5.41, 5.74) is 2.41. The van der Waals surface area contributed by atoms with Gasteiger partial charge in [-0.25, -0.2) is 5.48 Å². The van der Waals surface area contributed by atoms with Gasteiger partial charge in [0.25, 0.3) is 0 Å². The molecular weight excluding hydrogens is 164 g/mol. The maximum atomic E-state index is 8.03. The average Bonchev–Trinajstić information content (AvgIpc) is 2.12. The summed E-state index contributed by atoms with van der Waals surface area (Å²) < 4.78 is 0. The largest absolute Gasteiger partial charge is 0.394 e. The molecule has 0 aromatic heterocycles. The van der Waals surface area contributed by atoms with Gasteiger partial charge in [0, 0.05) is 13.8 Å². The Kier molecular flexibility index (Phi) is 19.3. The molecule has 6 heteroatoms. The van der Waals surface area contributed by atoms with E-state index in [9.17, 15) is 0 Å². The summed E-state index contributed by atoms with van der Waals surface area (Å²) in [5, 5.41) is 19.0. The topological polar surface area (TPSA) is 83.3 Å². The molecule has 0 aromatic carbocycles. The molecule has 74 valence electrons. The maximum absolute atomic E-state index is 8.03. The Morgan fingerprint density at radius 3 is 2.08 bits per heavy atom. The SMILES string of the molecule is C=NOCCO.CNOCCO. The van der Waals surface area contributed by atoms with Crippen LogP contribution in [-0.2, 0) is 9.68 Å². The van der Waals surface area contributed by atoms with Crippen molar-refractivity contribution in [2.24, 2.45) is 5.16 Å². The van der Waals surface area contributed by atoms with Crippen LogP contribution in [0.4, 0.5) is 0 Å². The first-order valence-electron chi connectivity index (χ1n) is 3.41. The van der Waals surface area contributed by atoms with Crippen LogP contribution in [0.2, 0.25) is 0 Å². The second-order valence-electron chi connectivity index (χ2n) is 1.46. The first-order valence-corrected chi connectivity index (χ1v) is 3.41. The highest BCUT2D eigenvalue weighted by Gasteiger charge is 1.73. The van der Waals surface area contributed by atoms with Crippen LogP contribution in [0.3, 0.4) is 0 Å². The number of aliphatic hydroxyl groups is 2. The van der Waals surface area contributed by atoms with Crippen molar-refractivity contribution in [1.29, 1.82) is 0 Å². The normalized spacial score (nSPS) is 8.25. The Hall–Kier alpha value is -0.690. The second-order valence-corrected chi connectivity index (χ2v) is 1.46. The first kappa shape index (κ1) is 13.9. The number of hydrogen-bond acceptors (Lipinski definition) is 6. The Morgan fingerprint density at radius 2 is 1.92 bits per heavy atom. The summed E-state index contributed by atoms with van der Waals surface area (Å²) >= 11 is 0. The molecule has 0 rings (SSSR count). The molecule has 0 saturated heterocycles. The van der Waals surface area contributed by atoms with Crippen molar-refractivity contribution < 1.29 is 19.9 Å². The van der Waals surface area contributed by atoms with Crippen molar-refractivity contribution in [2.75, 3.05) is 33.5 Å². The van der Waals surface area contributed by atoms with Crippen LogP contribution in [0.15, 0.2) is 5.16 Å². The number of oxime groups is 1. The van der Waals surface area contributed by atoms with E-state index >= 15 is 0 Å². The summed E-state index contributed by atoms with van der Waals surface area (Å²) in [4.78, 5) is 8.73. The van der Waals surface area contributed by atoms with Gasteiger partial charge in [0.05, 0.1) is 19.8 Å². The van der Waals surface area contributed by atoms with E-state index in [1.807, 2.05) is 0 Å². The zero-order chi connectivity index (χ0) is 9.66. The van der Waals surface area contributed by atoms with Gasteiger partial charge in [-0.05, 0) is 0 Å². The Bertz CT molecular complexity index is 77.9. The minimum absolute atomic E-state index is 0.000972. The molecule has 0 aromatic rings. The third-order valence-corrected chi connectivity index (χ3v) is 0.612. The zero-order valence-corrected chi connectivity index (χ0v) is 7.19. The van der Waals surface area contributed by atoms with Crippen LogP contribution < -0.4 is 5.48 Å². The number of rotatable bonds is 6. The molecule has 0 bridgehead atoms. The number of nitrogens with zero attached hydrogens (tertiary/aromatic N) is 1. The van der Waals surface area contributed by atoms with Gasteiger partial charge >= 0.3 is 0 Å². The number of hydrogen-bond donors (Lipinski definition) is 3. The van der Waals surface area contributed by atoms with E-state index in [1.165, 1.54) is 0 Å². The van der Waals surface area contributed by atoms with Crippen molar-refractivity contribution in [3.8, 4) is 0 Å². The lowest BCUT2D eigenvalue weighted by Crippen LogP contribution is -2.10. The molecule has 0 unspecified atom stereocenters. The quantitative estimate of drug-likeness (QED) is 0.270. The first-order chi connectivity index (χ1) is 5.83. The highest BCUT2D eigenvalue weighted by Crippen LogP contribution is 1.66. The van der Waals surface area contributed by atoms with E-state index in [0.717, 1.165) is 0 Å². The third-order valence-electron chi connectivity index (χ3n) is 0.612. The van der Waals surface area contributed by atoms with Crippen molar-refractivity contribution in [1.82, 2.24) is 5.48 Å². The summed E-state index contributed by atoms with van der Waals surface area (Å²) in [6.45, 7) is 3.68. The average molecular weight is 180 g/mol. The molecule has 12 heavy (non-hydrogen) atoms. The predicted octanol–water partition coefficient (Wildman–Crippen LogP) is -1.26. The van der Waals surface area contributed by atoms with E-state index in [0.29, 0.717) is 6.61 Å². The van der Waals surface area contributed by atoms with Gasteiger partial charge in [-0.2, -0.15) is 0 Å². The molecule has 0 heterocycles. The molecule has 0 aliphatic carbocycles. The highest BCUT2D eigenvalue weighted by atomic mass is 16.6. The molecule has 0 radical (unpaired) electrons. The molecule has 3 N–H and O–H groups in total. The molecule has 0 amide bonds. The molecule has 0 spiro atoms. The van der Waals surface area contributed by atoms with Crippen LogP contribution in [0.25, 0.3) is 0 Å². The molecule has 0 atom stereocenters. The van der Waals surface area contributed by atoms with Gasteiger partial charge in [-0.15, -0.1) is 5.16 Å². The minimum Gasteiger partial charge on any atom is -0.394 e. The van der Waals surface area contributed by atoms with E-state index in [4.69, 9.17) is 10.2 Å². The lowest BCUT2D eigenvalue weighted by Gasteiger charge is -1.92.